The quantitative estimate of drug-likeness (QED) is 0.235. The van der Waals surface area contributed by atoms with Gasteiger partial charge in [-0.15, -0.1) is 24.0 Å². The van der Waals surface area contributed by atoms with Gasteiger partial charge in [0.15, 0.2) is 5.96 Å². The second-order valence-electron chi connectivity index (χ2n) is 6.58. The van der Waals surface area contributed by atoms with Crippen molar-refractivity contribution in [3.63, 3.8) is 0 Å². The van der Waals surface area contributed by atoms with Gasteiger partial charge in [0.1, 0.15) is 12.3 Å². The average Bonchev–Trinajstić information content (AvgIpc) is 3.27. The number of aliphatic imine (C=N–C) groups is 1. The zero-order valence-corrected chi connectivity index (χ0v) is 19.9. The highest BCUT2D eigenvalue weighted by Gasteiger charge is 2.05. The van der Waals surface area contributed by atoms with Gasteiger partial charge in [-0.3, -0.25) is 14.5 Å². The lowest BCUT2D eigenvalue weighted by Crippen LogP contribution is -2.36. The monoisotopic (exact) mass is 534 g/mol. The minimum atomic E-state index is -0.124. The van der Waals surface area contributed by atoms with Crippen molar-refractivity contribution < 1.29 is 9.53 Å². The molecule has 1 heterocycles. The number of aromatic nitrogens is 2. The second-order valence-corrected chi connectivity index (χ2v) is 6.58. The van der Waals surface area contributed by atoms with Crippen molar-refractivity contribution in [2.45, 2.75) is 19.6 Å². The number of nitrogens with zero attached hydrogens (tertiary/aromatic N) is 3. The maximum Gasteiger partial charge on any atom is 0.246 e. The topological polar surface area (TPSA) is 92.6 Å². The minimum Gasteiger partial charge on any atom is -0.497 e. The van der Waals surface area contributed by atoms with E-state index in [1.54, 1.807) is 37.3 Å². The van der Waals surface area contributed by atoms with E-state index >= 15 is 0 Å². The molecule has 0 saturated heterocycles. The third kappa shape index (κ3) is 7.93. The Hall–Kier alpha value is -3.08. The Balaban J connectivity index is 0.00000341. The number of amides is 1. The second kappa shape index (κ2) is 12.6. The first-order valence-corrected chi connectivity index (χ1v) is 9.60. The van der Waals surface area contributed by atoms with Crippen LogP contribution in [0.3, 0.4) is 0 Å². The summed E-state index contributed by atoms with van der Waals surface area (Å²) in [5.41, 5.74) is 2.90. The van der Waals surface area contributed by atoms with Crippen molar-refractivity contribution in [2.75, 3.05) is 19.5 Å². The molecule has 0 unspecified atom stereocenters. The fraction of sp³-hybridized carbons (Fsp3) is 0.227. The van der Waals surface area contributed by atoms with Crippen LogP contribution in [0.2, 0.25) is 0 Å². The van der Waals surface area contributed by atoms with Gasteiger partial charge < -0.3 is 20.7 Å². The van der Waals surface area contributed by atoms with Crippen LogP contribution in [0.5, 0.6) is 5.75 Å². The molecule has 3 aromatic rings. The van der Waals surface area contributed by atoms with Gasteiger partial charge >= 0.3 is 0 Å². The Kier molecular flexibility index (Phi) is 9.82. The van der Waals surface area contributed by atoms with Crippen LogP contribution in [0.25, 0.3) is 0 Å². The number of hydrogen-bond acceptors (Lipinski definition) is 4. The van der Waals surface area contributed by atoms with Gasteiger partial charge in [-0.05, 0) is 41.5 Å². The predicted molar refractivity (Wildman–Crippen MR) is 133 cm³/mol. The summed E-state index contributed by atoms with van der Waals surface area (Å²) >= 11 is 0. The van der Waals surface area contributed by atoms with E-state index < -0.39 is 0 Å². The van der Waals surface area contributed by atoms with E-state index in [2.05, 4.69) is 26.0 Å². The molecule has 3 N–H and O–H groups in total. The number of carbonyl (C=O) groups excluding carboxylic acids is 1. The van der Waals surface area contributed by atoms with Crippen LogP contribution in [0.15, 0.2) is 72.0 Å². The maximum absolute atomic E-state index is 12.1. The van der Waals surface area contributed by atoms with Crippen molar-refractivity contribution in [2.24, 2.45) is 4.99 Å². The number of nitrogens with one attached hydrogen (secondary N) is 3. The van der Waals surface area contributed by atoms with E-state index in [1.807, 2.05) is 48.5 Å². The van der Waals surface area contributed by atoms with Crippen LogP contribution in [-0.2, 0) is 24.4 Å². The van der Waals surface area contributed by atoms with E-state index in [9.17, 15) is 4.79 Å². The molecule has 1 aromatic heterocycles. The summed E-state index contributed by atoms with van der Waals surface area (Å²) in [4.78, 5) is 16.4. The van der Waals surface area contributed by atoms with Gasteiger partial charge in [0.05, 0.1) is 7.11 Å². The molecular weight excluding hydrogens is 507 g/mol. The lowest BCUT2D eigenvalue weighted by molar-refractivity contribution is -0.116. The zero-order valence-electron chi connectivity index (χ0n) is 17.5. The first kappa shape index (κ1) is 24.2. The fourth-order valence-corrected chi connectivity index (χ4v) is 2.84. The summed E-state index contributed by atoms with van der Waals surface area (Å²) in [6.07, 6.45) is 3.40. The molecule has 1 amide bonds. The lowest BCUT2D eigenvalue weighted by Gasteiger charge is -2.13. The minimum absolute atomic E-state index is 0. The lowest BCUT2D eigenvalue weighted by atomic mass is 10.2. The van der Waals surface area contributed by atoms with Crippen molar-refractivity contribution in [1.82, 2.24) is 20.4 Å². The number of halogens is 1. The molecule has 0 aliphatic carbocycles. The van der Waals surface area contributed by atoms with E-state index in [0.29, 0.717) is 19.0 Å². The number of anilines is 1. The molecular formula is C22H27IN6O2. The van der Waals surface area contributed by atoms with Gasteiger partial charge in [-0.2, -0.15) is 5.10 Å². The molecule has 0 saturated carbocycles. The van der Waals surface area contributed by atoms with Crippen molar-refractivity contribution in [1.29, 1.82) is 0 Å². The average molecular weight is 534 g/mol. The summed E-state index contributed by atoms with van der Waals surface area (Å²) in [6.45, 7) is 1.40. The largest absolute Gasteiger partial charge is 0.497 e. The molecule has 0 aliphatic heterocycles. The van der Waals surface area contributed by atoms with Gasteiger partial charge in [0.2, 0.25) is 5.91 Å². The first-order chi connectivity index (χ1) is 14.7. The van der Waals surface area contributed by atoms with E-state index in [1.165, 1.54) is 0 Å². The molecule has 0 fully saturated rings. The summed E-state index contributed by atoms with van der Waals surface area (Å²) in [5.74, 6) is 1.40. The molecule has 2 aromatic carbocycles. The Morgan fingerprint density at radius 2 is 1.81 bits per heavy atom. The van der Waals surface area contributed by atoms with Crippen molar-refractivity contribution in [3.8, 4) is 5.75 Å². The van der Waals surface area contributed by atoms with Crippen molar-refractivity contribution >= 4 is 41.5 Å². The van der Waals surface area contributed by atoms with Crippen LogP contribution in [0.1, 0.15) is 11.1 Å². The zero-order chi connectivity index (χ0) is 21.2. The molecule has 0 aliphatic rings. The number of ether oxygens (including phenoxy) is 1. The first-order valence-electron chi connectivity index (χ1n) is 9.60. The Bertz CT molecular complexity index is 974. The summed E-state index contributed by atoms with van der Waals surface area (Å²) in [7, 11) is 3.38. The third-order valence-corrected chi connectivity index (χ3v) is 4.38. The highest BCUT2D eigenvalue weighted by molar-refractivity contribution is 14.0. The molecule has 0 radical (unpaired) electrons. The summed E-state index contributed by atoms with van der Waals surface area (Å²) in [6, 6.07) is 17.4. The van der Waals surface area contributed by atoms with Crippen LogP contribution in [-0.4, -0.2) is 35.8 Å². The van der Waals surface area contributed by atoms with Crippen LogP contribution >= 0.6 is 24.0 Å². The van der Waals surface area contributed by atoms with Crippen LogP contribution < -0.4 is 20.7 Å². The normalized spacial score (nSPS) is 10.7. The smallest absolute Gasteiger partial charge is 0.246 e. The number of guanidine groups is 1. The van der Waals surface area contributed by atoms with Gasteiger partial charge in [0, 0.05) is 38.2 Å². The summed E-state index contributed by atoms with van der Waals surface area (Å²) in [5, 5.41) is 13.5. The van der Waals surface area contributed by atoms with Crippen LogP contribution in [0, 0.1) is 0 Å². The molecule has 164 valence electrons. The molecule has 31 heavy (non-hydrogen) atoms. The van der Waals surface area contributed by atoms with Gasteiger partial charge in [-0.25, -0.2) is 0 Å². The van der Waals surface area contributed by atoms with Gasteiger partial charge in [0.25, 0.3) is 0 Å². The van der Waals surface area contributed by atoms with E-state index in [4.69, 9.17) is 4.74 Å². The number of methoxy groups -OCH3 is 1. The molecule has 8 nitrogen and oxygen atoms in total. The summed E-state index contributed by atoms with van der Waals surface area (Å²) < 4.78 is 6.76. The number of rotatable bonds is 8. The number of carbonyl (C=O) groups is 1. The Morgan fingerprint density at radius 1 is 1.06 bits per heavy atom. The number of benzene rings is 2. The molecule has 0 bridgehead atoms. The van der Waals surface area contributed by atoms with Crippen LogP contribution in [0.4, 0.5) is 5.69 Å². The number of hydrogen-bond donors (Lipinski definition) is 3. The Morgan fingerprint density at radius 3 is 2.45 bits per heavy atom. The van der Waals surface area contributed by atoms with Gasteiger partial charge in [-0.1, -0.05) is 24.3 Å². The Labute approximate surface area is 199 Å². The van der Waals surface area contributed by atoms with E-state index in [0.717, 1.165) is 22.6 Å². The predicted octanol–water partition coefficient (Wildman–Crippen LogP) is 3.01. The SMILES string of the molecule is CN=C(NCc1ccc(OC)cc1)NCc1cccc(NC(=O)Cn2cccn2)c1.I. The third-order valence-electron chi connectivity index (χ3n) is 4.38. The highest BCUT2D eigenvalue weighted by Crippen LogP contribution is 2.12. The highest BCUT2D eigenvalue weighted by atomic mass is 127. The van der Waals surface area contributed by atoms with Crippen molar-refractivity contribution in [3.05, 3.63) is 78.1 Å². The van der Waals surface area contributed by atoms with E-state index in [-0.39, 0.29) is 36.4 Å². The molecule has 9 heteroatoms. The standard InChI is InChI=1S/C22H26N6O2.HI/c1-23-22(24-14-17-7-9-20(30-2)10-8-17)25-15-18-5-3-6-19(13-18)27-21(29)16-28-12-4-11-26-28;/h3-13H,14-16H2,1-2H3,(H,27,29)(H2,23,24,25);1H. The molecule has 3 rings (SSSR count). The maximum atomic E-state index is 12.1. The molecule has 0 atom stereocenters. The fourth-order valence-electron chi connectivity index (χ4n) is 2.84. The molecule has 0 spiro atoms.